The van der Waals surface area contributed by atoms with Crippen LogP contribution in [0.2, 0.25) is 0 Å². The third-order valence-corrected chi connectivity index (χ3v) is 2.01. The highest BCUT2D eigenvalue weighted by Gasteiger charge is 2.35. The summed E-state index contributed by atoms with van der Waals surface area (Å²) in [6.45, 7) is 0. The van der Waals surface area contributed by atoms with Gasteiger partial charge in [-0.2, -0.15) is 9.71 Å². The zero-order valence-electron chi connectivity index (χ0n) is 7.86. The van der Waals surface area contributed by atoms with Gasteiger partial charge in [-0.15, -0.1) is 0 Å². The van der Waals surface area contributed by atoms with E-state index < -0.39 is 45.4 Å². The fourth-order valence-electron chi connectivity index (χ4n) is 1.31. The largest absolute Gasteiger partial charge is 0.336 e. The molecule has 0 saturated heterocycles. The van der Waals surface area contributed by atoms with E-state index in [1.165, 1.54) is 0 Å². The van der Waals surface area contributed by atoms with Crippen LogP contribution in [0.5, 0.6) is 0 Å². The summed E-state index contributed by atoms with van der Waals surface area (Å²) < 4.78 is 26.2. The molecule has 1 radical (unpaired) electrons. The number of anilines is 1. The van der Waals surface area contributed by atoms with Gasteiger partial charge in [-0.3, -0.25) is 19.7 Å². The SMILES string of the molecule is O=C1[N]c2c(cc(F)c(F)c2[N+](=O)[O-])NC1=O. The summed E-state index contributed by atoms with van der Waals surface area (Å²) in [6, 6.07) is 0.519. The van der Waals surface area contributed by atoms with Gasteiger partial charge < -0.3 is 5.32 Å². The van der Waals surface area contributed by atoms with Gasteiger partial charge in [-0.05, 0) is 0 Å². The number of carbonyl (C=O) groups excluding carboxylic acids is 2. The molecule has 1 aliphatic rings. The molecule has 0 unspecified atom stereocenters. The minimum Gasteiger partial charge on any atom is -0.315 e. The topological polar surface area (TPSA) is 103 Å². The average Bonchev–Trinajstić information content (AvgIpc) is 2.23. The maximum atomic E-state index is 13.2. The number of nitro groups is 1. The Bertz CT molecular complexity index is 572. The van der Waals surface area contributed by atoms with Gasteiger partial charge in [0.05, 0.1) is 10.6 Å². The molecule has 17 heavy (non-hydrogen) atoms. The van der Waals surface area contributed by atoms with Crippen LogP contribution >= 0.6 is 0 Å². The van der Waals surface area contributed by atoms with Gasteiger partial charge in [0.2, 0.25) is 5.82 Å². The lowest BCUT2D eigenvalue weighted by molar-refractivity contribution is -0.387. The Hall–Kier alpha value is -2.58. The number of benzene rings is 1. The van der Waals surface area contributed by atoms with Crippen LogP contribution in [0.25, 0.3) is 0 Å². The molecule has 9 heteroatoms. The van der Waals surface area contributed by atoms with Crippen LogP contribution in [0.3, 0.4) is 0 Å². The van der Waals surface area contributed by atoms with E-state index in [2.05, 4.69) is 5.32 Å². The Morgan fingerprint density at radius 2 is 2.00 bits per heavy atom. The molecule has 7 nitrogen and oxygen atoms in total. The van der Waals surface area contributed by atoms with Crippen LogP contribution in [-0.4, -0.2) is 16.7 Å². The van der Waals surface area contributed by atoms with Crippen molar-refractivity contribution in [2.24, 2.45) is 0 Å². The second kappa shape index (κ2) is 3.47. The number of fused-ring (bicyclic) bond motifs is 1. The molecule has 0 bridgehead atoms. The van der Waals surface area contributed by atoms with Crippen molar-refractivity contribution in [1.82, 2.24) is 5.32 Å². The number of carbonyl (C=O) groups is 2. The first kappa shape index (κ1) is 10.9. The van der Waals surface area contributed by atoms with Crippen LogP contribution in [0.4, 0.5) is 25.8 Å². The second-order valence-electron chi connectivity index (χ2n) is 3.05. The molecule has 0 atom stereocenters. The number of amides is 2. The van der Waals surface area contributed by atoms with Crippen LogP contribution in [-0.2, 0) is 9.59 Å². The fourth-order valence-corrected chi connectivity index (χ4v) is 1.31. The molecule has 0 aromatic heterocycles. The average molecular weight is 242 g/mol. The first-order chi connectivity index (χ1) is 7.91. The first-order valence-corrected chi connectivity index (χ1v) is 4.15. The van der Waals surface area contributed by atoms with Crippen molar-refractivity contribution in [3.63, 3.8) is 0 Å². The fraction of sp³-hybridized carbons (Fsp3) is 0. The summed E-state index contributed by atoms with van der Waals surface area (Å²) in [4.78, 5) is 31.1. The summed E-state index contributed by atoms with van der Waals surface area (Å²) in [7, 11) is 0. The molecule has 87 valence electrons. The van der Waals surface area contributed by atoms with E-state index in [0.29, 0.717) is 6.07 Å². The lowest BCUT2D eigenvalue weighted by Crippen LogP contribution is -2.34. The highest BCUT2D eigenvalue weighted by atomic mass is 19.2. The highest BCUT2D eigenvalue weighted by Crippen LogP contribution is 2.38. The van der Waals surface area contributed by atoms with Gasteiger partial charge in [-0.1, -0.05) is 0 Å². The molecule has 1 aromatic rings. The van der Waals surface area contributed by atoms with Crippen molar-refractivity contribution in [3.8, 4) is 0 Å². The standard InChI is InChI=1S/C8H2F2N3O4/c9-2-1-3-5(6(4(2)10)13(16)17)12-8(15)7(14)11-3/h1H,(H,11,14). The van der Waals surface area contributed by atoms with E-state index in [4.69, 9.17) is 0 Å². The van der Waals surface area contributed by atoms with Gasteiger partial charge in [0.1, 0.15) is 0 Å². The highest BCUT2D eigenvalue weighted by molar-refractivity contribution is 6.42. The smallest absolute Gasteiger partial charge is 0.315 e. The van der Waals surface area contributed by atoms with Crippen molar-refractivity contribution < 1.29 is 23.3 Å². The summed E-state index contributed by atoms with van der Waals surface area (Å²) in [5.41, 5.74) is -2.40. The quantitative estimate of drug-likeness (QED) is 0.442. The zero-order chi connectivity index (χ0) is 12.7. The number of nitro benzene ring substituents is 1. The van der Waals surface area contributed by atoms with Crippen LogP contribution in [0, 0.1) is 21.7 Å². The van der Waals surface area contributed by atoms with Gasteiger partial charge in [0, 0.05) is 6.07 Å². The van der Waals surface area contributed by atoms with E-state index in [0.717, 1.165) is 0 Å². The normalized spacial score (nSPS) is 13.8. The second-order valence-corrected chi connectivity index (χ2v) is 3.05. The Morgan fingerprint density at radius 3 is 2.59 bits per heavy atom. The van der Waals surface area contributed by atoms with E-state index in [1.54, 1.807) is 0 Å². The first-order valence-electron chi connectivity index (χ1n) is 4.15. The number of hydrogen-bond donors (Lipinski definition) is 1. The van der Waals surface area contributed by atoms with E-state index in [9.17, 15) is 28.5 Å². The Kier molecular flexibility index (Phi) is 2.23. The lowest BCUT2D eigenvalue weighted by atomic mass is 10.1. The predicted octanol–water partition coefficient (Wildman–Crippen LogP) is 0.588. The van der Waals surface area contributed by atoms with Gasteiger partial charge in [-0.25, -0.2) is 4.39 Å². The predicted molar refractivity (Wildman–Crippen MR) is 48.4 cm³/mol. The van der Waals surface area contributed by atoms with E-state index in [1.807, 2.05) is 5.32 Å². The molecule has 1 heterocycles. The van der Waals surface area contributed by atoms with E-state index >= 15 is 0 Å². The number of nitrogens with zero attached hydrogens (tertiary/aromatic N) is 2. The molecule has 0 spiro atoms. The van der Waals surface area contributed by atoms with Gasteiger partial charge >= 0.3 is 17.5 Å². The third-order valence-electron chi connectivity index (χ3n) is 2.01. The molecule has 0 aliphatic carbocycles. The Balaban J connectivity index is 2.72. The maximum absolute atomic E-state index is 13.2. The van der Waals surface area contributed by atoms with Crippen molar-refractivity contribution in [2.75, 3.05) is 5.32 Å². The summed E-state index contributed by atoms with van der Waals surface area (Å²) >= 11 is 0. The van der Waals surface area contributed by atoms with Crippen molar-refractivity contribution in [1.29, 1.82) is 0 Å². The summed E-state index contributed by atoms with van der Waals surface area (Å²) in [5.74, 6) is -5.73. The van der Waals surface area contributed by atoms with Crippen molar-refractivity contribution in [3.05, 3.63) is 27.8 Å². The Labute approximate surface area is 91.6 Å². The molecular formula is C8H2F2N3O4. The third kappa shape index (κ3) is 1.57. The molecule has 0 fully saturated rings. The zero-order valence-corrected chi connectivity index (χ0v) is 7.86. The number of hydrogen-bond acceptors (Lipinski definition) is 4. The van der Waals surface area contributed by atoms with Crippen LogP contribution in [0.1, 0.15) is 0 Å². The maximum Gasteiger partial charge on any atom is 0.336 e. The monoisotopic (exact) mass is 242 g/mol. The van der Waals surface area contributed by atoms with E-state index in [-0.39, 0.29) is 0 Å². The molecular weight excluding hydrogens is 240 g/mol. The van der Waals surface area contributed by atoms with Crippen molar-refractivity contribution >= 4 is 28.9 Å². The van der Waals surface area contributed by atoms with Gasteiger partial charge in [0.25, 0.3) is 0 Å². The number of rotatable bonds is 1. The molecule has 2 rings (SSSR count). The molecule has 0 saturated carbocycles. The van der Waals surface area contributed by atoms with Crippen LogP contribution in [0.15, 0.2) is 6.07 Å². The summed E-state index contributed by atoms with van der Waals surface area (Å²) in [6.07, 6.45) is 0. The van der Waals surface area contributed by atoms with Crippen LogP contribution < -0.4 is 10.6 Å². The minimum atomic E-state index is -1.73. The summed E-state index contributed by atoms with van der Waals surface area (Å²) in [5, 5.41) is 15.5. The minimum absolute atomic E-state index is 0.416. The molecule has 1 aromatic carbocycles. The van der Waals surface area contributed by atoms with Gasteiger partial charge in [0.15, 0.2) is 11.5 Å². The lowest BCUT2D eigenvalue weighted by Gasteiger charge is -2.15. The molecule has 1 N–H and O–H groups in total. The molecule has 2 amide bonds. The number of nitrogens with one attached hydrogen (secondary N) is 1. The Morgan fingerprint density at radius 1 is 1.35 bits per heavy atom. The molecule has 1 aliphatic heterocycles. The number of halogens is 2. The van der Waals surface area contributed by atoms with Crippen molar-refractivity contribution in [2.45, 2.75) is 0 Å².